The first-order valence-corrected chi connectivity index (χ1v) is 7.47. The molecule has 0 aliphatic heterocycles. The van der Waals surface area contributed by atoms with Gasteiger partial charge in [-0.2, -0.15) is 0 Å². The summed E-state index contributed by atoms with van der Waals surface area (Å²) in [5.74, 6) is 0.311. The van der Waals surface area contributed by atoms with Crippen LogP contribution in [0.3, 0.4) is 0 Å². The van der Waals surface area contributed by atoms with Crippen molar-refractivity contribution in [3.63, 3.8) is 0 Å². The molecule has 0 aromatic carbocycles. The minimum atomic E-state index is -1.00. The van der Waals surface area contributed by atoms with Crippen LogP contribution in [-0.4, -0.2) is 29.7 Å². The molecule has 1 aliphatic rings. The number of carbonyl (C=O) groups is 2. The highest BCUT2D eigenvalue weighted by Gasteiger charge is 2.32. The number of amides is 2. The molecule has 1 aliphatic carbocycles. The molecule has 5 nitrogen and oxygen atoms in total. The highest BCUT2D eigenvalue weighted by Crippen LogP contribution is 2.27. The summed E-state index contributed by atoms with van der Waals surface area (Å²) in [7, 11) is 0. The monoisotopic (exact) mass is 284 g/mol. The maximum atomic E-state index is 11.8. The molecule has 3 N–H and O–H groups in total. The number of hydrogen-bond donors (Lipinski definition) is 3. The van der Waals surface area contributed by atoms with Gasteiger partial charge >= 0.3 is 12.0 Å². The predicted molar refractivity (Wildman–Crippen MR) is 78.5 cm³/mol. The molecular weight excluding hydrogens is 256 g/mol. The van der Waals surface area contributed by atoms with Crippen LogP contribution in [0.15, 0.2) is 0 Å². The van der Waals surface area contributed by atoms with Crippen molar-refractivity contribution in [1.29, 1.82) is 0 Å². The SMILES string of the molecule is CC1CCC(CNC(=O)NC(C(=O)O)C(C)(C)C)CC1. The number of aliphatic carboxylic acids is 1. The molecular formula is C15H28N2O3. The zero-order valence-electron chi connectivity index (χ0n) is 13.0. The van der Waals surface area contributed by atoms with E-state index in [1.165, 1.54) is 12.8 Å². The summed E-state index contributed by atoms with van der Waals surface area (Å²) >= 11 is 0. The van der Waals surface area contributed by atoms with Crippen LogP contribution in [-0.2, 0) is 4.79 Å². The Morgan fingerprint density at radius 3 is 2.20 bits per heavy atom. The third-order valence-electron chi connectivity index (χ3n) is 4.08. The van der Waals surface area contributed by atoms with Crippen molar-refractivity contribution in [2.24, 2.45) is 17.3 Å². The molecule has 20 heavy (non-hydrogen) atoms. The maximum Gasteiger partial charge on any atom is 0.326 e. The highest BCUT2D eigenvalue weighted by atomic mass is 16.4. The van der Waals surface area contributed by atoms with Crippen LogP contribution < -0.4 is 10.6 Å². The Bertz CT molecular complexity index is 342. The number of nitrogens with one attached hydrogen (secondary N) is 2. The van der Waals surface area contributed by atoms with Crippen LogP contribution in [0.25, 0.3) is 0 Å². The summed E-state index contributed by atoms with van der Waals surface area (Å²) in [6.45, 7) is 8.30. The van der Waals surface area contributed by atoms with Gasteiger partial charge in [0.2, 0.25) is 0 Å². The molecule has 2 amide bonds. The van der Waals surface area contributed by atoms with E-state index >= 15 is 0 Å². The van der Waals surface area contributed by atoms with E-state index in [2.05, 4.69) is 17.6 Å². The first-order valence-electron chi connectivity index (χ1n) is 7.47. The molecule has 5 heteroatoms. The lowest BCUT2D eigenvalue weighted by atomic mass is 9.83. The molecule has 0 heterocycles. The number of urea groups is 1. The maximum absolute atomic E-state index is 11.8. The van der Waals surface area contributed by atoms with E-state index in [1.807, 2.05) is 0 Å². The number of rotatable bonds is 4. The van der Waals surface area contributed by atoms with E-state index in [0.29, 0.717) is 12.5 Å². The van der Waals surface area contributed by atoms with Gasteiger partial charge in [0.15, 0.2) is 0 Å². The summed E-state index contributed by atoms with van der Waals surface area (Å²) in [6.07, 6.45) is 4.72. The van der Waals surface area contributed by atoms with E-state index in [1.54, 1.807) is 20.8 Å². The number of carboxylic acid groups (broad SMARTS) is 1. The largest absolute Gasteiger partial charge is 0.480 e. The van der Waals surface area contributed by atoms with E-state index < -0.39 is 17.4 Å². The number of hydrogen-bond acceptors (Lipinski definition) is 2. The lowest BCUT2D eigenvalue weighted by molar-refractivity contribution is -0.141. The minimum Gasteiger partial charge on any atom is -0.480 e. The second-order valence-corrected chi connectivity index (χ2v) is 7.12. The van der Waals surface area contributed by atoms with Gasteiger partial charge < -0.3 is 15.7 Å². The van der Waals surface area contributed by atoms with E-state index in [9.17, 15) is 9.59 Å². The van der Waals surface area contributed by atoms with E-state index in [4.69, 9.17) is 5.11 Å². The molecule has 1 saturated carbocycles. The lowest BCUT2D eigenvalue weighted by Gasteiger charge is -2.29. The average molecular weight is 284 g/mol. The number of carbonyl (C=O) groups excluding carboxylic acids is 1. The van der Waals surface area contributed by atoms with E-state index in [-0.39, 0.29) is 6.03 Å². The van der Waals surface area contributed by atoms with E-state index in [0.717, 1.165) is 18.8 Å². The van der Waals surface area contributed by atoms with Gasteiger partial charge in [-0.15, -0.1) is 0 Å². The second kappa shape index (κ2) is 6.95. The second-order valence-electron chi connectivity index (χ2n) is 7.12. The van der Waals surface area contributed by atoms with Crippen LogP contribution in [0.5, 0.6) is 0 Å². The minimum absolute atomic E-state index is 0.383. The van der Waals surface area contributed by atoms with Gasteiger partial charge in [-0.3, -0.25) is 0 Å². The van der Waals surface area contributed by atoms with Gasteiger partial charge in [-0.25, -0.2) is 9.59 Å². The Hall–Kier alpha value is -1.26. The molecule has 1 atom stereocenters. The predicted octanol–water partition coefficient (Wildman–Crippen LogP) is 2.61. The summed E-state index contributed by atoms with van der Waals surface area (Å²) in [5, 5.41) is 14.5. The van der Waals surface area contributed by atoms with Gasteiger partial charge in [0.05, 0.1) is 0 Å². The third-order valence-corrected chi connectivity index (χ3v) is 4.08. The van der Waals surface area contributed by atoms with Gasteiger partial charge in [0.1, 0.15) is 6.04 Å². The molecule has 0 bridgehead atoms. The molecule has 0 radical (unpaired) electrons. The smallest absolute Gasteiger partial charge is 0.326 e. The van der Waals surface area contributed by atoms with Gasteiger partial charge in [-0.1, -0.05) is 40.5 Å². The normalized spacial score (nSPS) is 24.8. The van der Waals surface area contributed by atoms with Crippen LogP contribution in [0, 0.1) is 17.3 Å². The molecule has 0 saturated heterocycles. The van der Waals surface area contributed by atoms with Crippen molar-refractivity contribution in [3.8, 4) is 0 Å². The quantitative estimate of drug-likeness (QED) is 0.742. The van der Waals surface area contributed by atoms with Crippen LogP contribution in [0.2, 0.25) is 0 Å². The first-order chi connectivity index (χ1) is 9.20. The van der Waals surface area contributed by atoms with Crippen molar-refractivity contribution >= 4 is 12.0 Å². The van der Waals surface area contributed by atoms with Gasteiger partial charge in [0, 0.05) is 6.54 Å². The Kier molecular flexibility index (Phi) is 5.84. The molecule has 0 aromatic rings. The van der Waals surface area contributed by atoms with Crippen LogP contribution in [0.4, 0.5) is 4.79 Å². The highest BCUT2D eigenvalue weighted by molar-refractivity contribution is 5.83. The topological polar surface area (TPSA) is 78.4 Å². The zero-order valence-corrected chi connectivity index (χ0v) is 13.0. The van der Waals surface area contributed by atoms with Crippen molar-refractivity contribution in [2.45, 2.75) is 59.4 Å². The van der Waals surface area contributed by atoms with Gasteiger partial charge in [0.25, 0.3) is 0 Å². The van der Waals surface area contributed by atoms with Crippen molar-refractivity contribution in [3.05, 3.63) is 0 Å². The zero-order chi connectivity index (χ0) is 15.3. The Morgan fingerprint density at radius 2 is 1.75 bits per heavy atom. The third kappa shape index (κ3) is 5.39. The molecule has 0 aromatic heterocycles. The molecule has 0 spiro atoms. The summed E-state index contributed by atoms with van der Waals surface area (Å²) in [4.78, 5) is 23.0. The Labute approximate surface area is 121 Å². The number of carboxylic acids is 1. The summed E-state index contributed by atoms with van der Waals surface area (Å²) in [5.41, 5.74) is -0.510. The summed E-state index contributed by atoms with van der Waals surface area (Å²) < 4.78 is 0. The van der Waals surface area contributed by atoms with Crippen molar-refractivity contribution in [1.82, 2.24) is 10.6 Å². The van der Waals surface area contributed by atoms with Crippen molar-refractivity contribution < 1.29 is 14.7 Å². The molecule has 1 rings (SSSR count). The molecule has 1 unspecified atom stereocenters. The van der Waals surface area contributed by atoms with Crippen LogP contribution >= 0.6 is 0 Å². The van der Waals surface area contributed by atoms with Crippen molar-refractivity contribution in [2.75, 3.05) is 6.54 Å². The van der Waals surface area contributed by atoms with Gasteiger partial charge in [-0.05, 0) is 30.1 Å². The average Bonchev–Trinajstić information content (AvgIpc) is 2.33. The fraction of sp³-hybridized carbons (Fsp3) is 0.867. The lowest BCUT2D eigenvalue weighted by Crippen LogP contribution is -2.52. The Balaban J connectivity index is 2.37. The van der Waals surface area contributed by atoms with Crippen LogP contribution in [0.1, 0.15) is 53.4 Å². The fourth-order valence-corrected chi connectivity index (χ4v) is 2.60. The first kappa shape index (κ1) is 16.8. The Morgan fingerprint density at radius 1 is 1.20 bits per heavy atom. The standard InChI is InChI=1S/C15H28N2O3/c1-10-5-7-11(8-6-10)9-16-14(20)17-12(13(18)19)15(2,3)4/h10-12H,5-9H2,1-4H3,(H,18,19)(H2,16,17,20). The molecule has 116 valence electrons. The molecule has 1 fully saturated rings. The summed E-state index contributed by atoms with van der Waals surface area (Å²) in [6, 6.07) is -1.26. The fourth-order valence-electron chi connectivity index (χ4n) is 2.60.